The first-order valence-corrected chi connectivity index (χ1v) is 8.21. The minimum absolute atomic E-state index is 0.223. The molecule has 0 bridgehead atoms. The maximum absolute atomic E-state index is 6.62. The molecule has 0 amide bonds. The molecule has 0 radical (unpaired) electrons. The van der Waals surface area contributed by atoms with Crippen molar-refractivity contribution >= 4 is 23.2 Å². The maximum atomic E-state index is 6.62. The van der Waals surface area contributed by atoms with Gasteiger partial charge in [-0.15, -0.1) is 0 Å². The van der Waals surface area contributed by atoms with Crippen LogP contribution in [-0.4, -0.2) is 50.4 Å². The van der Waals surface area contributed by atoms with Crippen molar-refractivity contribution < 1.29 is 0 Å². The fourth-order valence-corrected chi connectivity index (χ4v) is 4.30. The van der Waals surface area contributed by atoms with Crippen molar-refractivity contribution in [1.29, 1.82) is 0 Å². The second-order valence-electron chi connectivity index (χ2n) is 6.83. The van der Waals surface area contributed by atoms with Crippen LogP contribution in [0.25, 0.3) is 0 Å². The van der Waals surface area contributed by atoms with Gasteiger partial charge in [-0.1, -0.05) is 23.2 Å². The summed E-state index contributed by atoms with van der Waals surface area (Å²) < 4.78 is -0.650. The molecule has 0 aliphatic heterocycles. The second-order valence-corrected chi connectivity index (χ2v) is 8.28. The third kappa shape index (κ3) is 3.40. The fourth-order valence-electron chi connectivity index (χ4n) is 3.50. The van der Waals surface area contributed by atoms with E-state index in [1.807, 2.05) is 0 Å². The van der Waals surface area contributed by atoms with E-state index in [1.165, 1.54) is 0 Å². The Kier molecular flexibility index (Phi) is 5.63. The smallest absolute Gasteiger partial charge is 0.152 e. The topological polar surface area (TPSA) is 6.48 Å². The SMILES string of the molecule is CC(C)N(C(C)C)C1C(N(C(C)C)C(C)C)C1(Cl)Cl. The zero-order chi connectivity index (χ0) is 15.1. The molecular weight excluding hydrogens is 279 g/mol. The van der Waals surface area contributed by atoms with Crippen LogP contribution in [0.1, 0.15) is 55.4 Å². The first kappa shape index (κ1) is 17.6. The van der Waals surface area contributed by atoms with Crippen molar-refractivity contribution in [2.24, 2.45) is 0 Å². The summed E-state index contributed by atoms with van der Waals surface area (Å²) in [4.78, 5) is 4.89. The lowest BCUT2D eigenvalue weighted by Gasteiger charge is -2.35. The van der Waals surface area contributed by atoms with Crippen LogP contribution < -0.4 is 0 Å². The van der Waals surface area contributed by atoms with E-state index in [-0.39, 0.29) is 12.1 Å². The monoisotopic (exact) mass is 308 g/mol. The van der Waals surface area contributed by atoms with Crippen molar-refractivity contribution in [2.75, 3.05) is 0 Å². The number of halogens is 2. The molecule has 0 spiro atoms. The van der Waals surface area contributed by atoms with Crippen molar-refractivity contribution in [3.8, 4) is 0 Å². The highest BCUT2D eigenvalue weighted by Crippen LogP contribution is 2.55. The highest BCUT2D eigenvalue weighted by molar-refractivity contribution is 6.52. The Balaban J connectivity index is 2.98. The average molecular weight is 309 g/mol. The van der Waals surface area contributed by atoms with Crippen LogP contribution in [0, 0.1) is 0 Å². The Hall–Kier alpha value is 0.500. The zero-order valence-electron chi connectivity index (χ0n) is 13.6. The number of nitrogens with zero attached hydrogens (tertiary/aromatic N) is 2. The molecule has 0 N–H and O–H groups in total. The van der Waals surface area contributed by atoms with E-state index in [4.69, 9.17) is 23.2 Å². The summed E-state index contributed by atoms with van der Waals surface area (Å²) in [7, 11) is 0. The molecular formula is C15H30Cl2N2. The Morgan fingerprint density at radius 2 is 0.842 bits per heavy atom. The van der Waals surface area contributed by atoms with Crippen LogP contribution in [-0.2, 0) is 0 Å². The number of alkyl halides is 2. The summed E-state index contributed by atoms with van der Waals surface area (Å²) in [6, 6.07) is 2.25. The fraction of sp³-hybridized carbons (Fsp3) is 1.00. The predicted molar refractivity (Wildman–Crippen MR) is 86.2 cm³/mol. The Bertz CT molecular complexity index is 257. The van der Waals surface area contributed by atoms with Crippen molar-refractivity contribution in [2.45, 2.75) is 96.0 Å². The third-order valence-electron chi connectivity index (χ3n) is 4.01. The largest absolute Gasteiger partial charge is 0.291 e. The minimum Gasteiger partial charge on any atom is -0.291 e. The normalized spacial score (nSPS) is 26.5. The molecule has 1 aliphatic rings. The van der Waals surface area contributed by atoms with Crippen LogP contribution in [0.5, 0.6) is 0 Å². The third-order valence-corrected chi connectivity index (χ3v) is 4.90. The lowest BCUT2D eigenvalue weighted by atomic mass is 10.2. The summed E-state index contributed by atoms with van der Waals surface area (Å²) in [6.45, 7) is 17.7. The first-order valence-electron chi connectivity index (χ1n) is 7.46. The van der Waals surface area contributed by atoms with Gasteiger partial charge in [0.1, 0.15) is 0 Å². The Morgan fingerprint density at radius 3 is 1.00 bits per heavy atom. The average Bonchev–Trinajstić information content (AvgIpc) is 2.68. The molecule has 1 aliphatic carbocycles. The standard InChI is InChI=1S/C15H30Cl2N2/c1-9(2)18(10(3)4)13-14(15(13,16)17)19(11(5)6)12(7)8/h9-14H,1-8H3. The van der Waals surface area contributed by atoms with Crippen LogP contribution in [0.3, 0.4) is 0 Å². The molecule has 0 saturated heterocycles. The van der Waals surface area contributed by atoms with E-state index in [2.05, 4.69) is 65.2 Å². The van der Waals surface area contributed by atoms with Gasteiger partial charge in [0, 0.05) is 24.2 Å². The van der Waals surface area contributed by atoms with Crippen LogP contribution in [0.2, 0.25) is 0 Å². The lowest BCUT2D eigenvalue weighted by Crippen LogP contribution is -2.46. The summed E-state index contributed by atoms with van der Waals surface area (Å²) in [5.74, 6) is 0. The second kappa shape index (κ2) is 6.09. The van der Waals surface area contributed by atoms with Crippen molar-refractivity contribution in [3.63, 3.8) is 0 Å². The van der Waals surface area contributed by atoms with Gasteiger partial charge in [-0.3, -0.25) is 9.80 Å². The summed E-state index contributed by atoms with van der Waals surface area (Å²) in [6.07, 6.45) is 0. The Morgan fingerprint density at radius 1 is 0.632 bits per heavy atom. The maximum Gasteiger partial charge on any atom is 0.152 e. The van der Waals surface area contributed by atoms with Gasteiger partial charge < -0.3 is 0 Å². The zero-order valence-corrected chi connectivity index (χ0v) is 15.1. The molecule has 1 saturated carbocycles. The number of rotatable bonds is 6. The molecule has 2 nitrogen and oxygen atoms in total. The minimum atomic E-state index is -0.650. The summed E-state index contributed by atoms with van der Waals surface area (Å²) in [5, 5.41) is 0. The van der Waals surface area contributed by atoms with Gasteiger partial charge in [0.2, 0.25) is 0 Å². The lowest BCUT2D eigenvalue weighted by molar-refractivity contribution is 0.108. The molecule has 0 aromatic heterocycles. The molecule has 0 aromatic carbocycles. The van der Waals surface area contributed by atoms with Gasteiger partial charge in [0.05, 0.1) is 12.1 Å². The van der Waals surface area contributed by atoms with Gasteiger partial charge in [-0.05, 0) is 55.4 Å². The van der Waals surface area contributed by atoms with Gasteiger partial charge in [-0.2, -0.15) is 0 Å². The molecule has 1 rings (SSSR count). The number of hydrogen-bond donors (Lipinski definition) is 0. The molecule has 2 unspecified atom stereocenters. The van der Waals surface area contributed by atoms with Gasteiger partial charge in [-0.25, -0.2) is 0 Å². The number of hydrogen-bond acceptors (Lipinski definition) is 2. The molecule has 19 heavy (non-hydrogen) atoms. The van der Waals surface area contributed by atoms with Crippen LogP contribution in [0.4, 0.5) is 0 Å². The van der Waals surface area contributed by atoms with Crippen LogP contribution in [0.15, 0.2) is 0 Å². The van der Waals surface area contributed by atoms with E-state index >= 15 is 0 Å². The molecule has 1 fully saturated rings. The quantitative estimate of drug-likeness (QED) is 0.680. The van der Waals surface area contributed by atoms with Crippen LogP contribution >= 0.6 is 23.2 Å². The molecule has 2 atom stereocenters. The predicted octanol–water partition coefficient (Wildman–Crippen LogP) is 4.15. The van der Waals surface area contributed by atoms with E-state index < -0.39 is 4.33 Å². The summed E-state index contributed by atoms with van der Waals surface area (Å²) >= 11 is 13.2. The Labute approximate surface area is 129 Å². The van der Waals surface area contributed by atoms with E-state index in [0.29, 0.717) is 24.2 Å². The molecule has 0 aromatic rings. The highest BCUT2D eigenvalue weighted by atomic mass is 35.5. The van der Waals surface area contributed by atoms with E-state index in [1.54, 1.807) is 0 Å². The van der Waals surface area contributed by atoms with Crippen molar-refractivity contribution in [3.05, 3.63) is 0 Å². The molecule has 0 heterocycles. The van der Waals surface area contributed by atoms with Gasteiger partial charge >= 0.3 is 0 Å². The first-order chi connectivity index (χ1) is 8.53. The van der Waals surface area contributed by atoms with E-state index in [9.17, 15) is 0 Å². The van der Waals surface area contributed by atoms with Gasteiger partial charge in [0.15, 0.2) is 4.33 Å². The van der Waals surface area contributed by atoms with Crippen molar-refractivity contribution in [1.82, 2.24) is 9.80 Å². The summed E-state index contributed by atoms with van der Waals surface area (Å²) in [5.41, 5.74) is 0. The molecule has 114 valence electrons. The van der Waals surface area contributed by atoms with Gasteiger partial charge in [0.25, 0.3) is 0 Å². The van der Waals surface area contributed by atoms with E-state index in [0.717, 1.165) is 0 Å². The highest BCUT2D eigenvalue weighted by Gasteiger charge is 2.69. The molecule has 4 heteroatoms.